The molecule has 1 aliphatic rings. The first-order chi connectivity index (χ1) is 15.5. The van der Waals surface area contributed by atoms with E-state index in [1.54, 1.807) is 0 Å². The molecule has 2 aromatic heterocycles. The molecule has 9 nitrogen and oxygen atoms in total. The second-order valence-corrected chi connectivity index (χ2v) is 8.20. The predicted octanol–water partition coefficient (Wildman–Crippen LogP) is 3.57. The van der Waals surface area contributed by atoms with E-state index in [9.17, 15) is 9.59 Å². The van der Waals surface area contributed by atoms with Crippen molar-refractivity contribution >= 4 is 11.8 Å². The Bertz CT molecular complexity index is 1030. The maximum Gasteiger partial charge on any atom is 0.288 e. The molecule has 3 aromatic rings. The van der Waals surface area contributed by atoms with Crippen molar-refractivity contribution in [2.24, 2.45) is 5.92 Å². The number of aromatic amines is 1. The van der Waals surface area contributed by atoms with E-state index in [0.717, 1.165) is 25.7 Å². The molecule has 1 aromatic carbocycles. The zero-order valence-corrected chi connectivity index (χ0v) is 18.5. The van der Waals surface area contributed by atoms with Crippen LogP contribution in [0.1, 0.15) is 67.6 Å². The second kappa shape index (κ2) is 9.33. The highest BCUT2D eigenvalue weighted by Gasteiger charge is 2.29. The Hall–Kier alpha value is -3.49. The molecule has 9 heteroatoms. The smallest absolute Gasteiger partial charge is 0.288 e. The van der Waals surface area contributed by atoms with Crippen molar-refractivity contribution in [3.05, 3.63) is 42.0 Å². The molecular weight excluding hydrogens is 408 g/mol. The Balaban J connectivity index is 1.47. The molecule has 168 valence electrons. The molecule has 0 bridgehead atoms. The topological polar surface area (TPSA) is 126 Å². The number of nitrogens with zero attached hydrogens (tertiary/aromatic N) is 3. The van der Waals surface area contributed by atoms with Crippen LogP contribution in [-0.2, 0) is 0 Å². The molecule has 2 heterocycles. The highest BCUT2D eigenvalue weighted by Crippen LogP contribution is 2.32. The number of benzene rings is 1. The van der Waals surface area contributed by atoms with E-state index in [2.05, 4.69) is 30.8 Å². The maximum absolute atomic E-state index is 12.4. The molecule has 0 radical (unpaired) electrons. The van der Waals surface area contributed by atoms with Gasteiger partial charge in [-0.1, -0.05) is 26.0 Å². The van der Waals surface area contributed by atoms with Gasteiger partial charge in [-0.3, -0.25) is 14.7 Å². The van der Waals surface area contributed by atoms with Gasteiger partial charge < -0.3 is 15.1 Å². The van der Waals surface area contributed by atoms with Gasteiger partial charge in [0.15, 0.2) is 5.82 Å². The van der Waals surface area contributed by atoms with E-state index in [4.69, 9.17) is 4.42 Å². The Labute approximate surface area is 186 Å². The van der Waals surface area contributed by atoms with Crippen LogP contribution < -0.4 is 10.6 Å². The molecule has 0 aliphatic heterocycles. The lowest BCUT2D eigenvalue weighted by molar-refractivity contribution is 0.0904. The number of hydrogen-bond acceptors (Lipinski definition) is 6. The zero-order valence-electron chi connectivity index (χ0n) is 18.5. The third kappa shape index (κ3) is 4.87. The number of hydrogen-bond donors (Lipinski definition) is 3. The monoisotopic (exact) mass is 436 g/mol. The van der Waals surface area contributed by atoms with Crippen LogP contribution in [0.25, 0.3) is 22.8 Å². The lowest BCUT2D eigenvalue weighted by Crippen LogP contribution is -2.34. The van der Waals surface area contributed by atoms with Gasteiger partial charge in [-0.25, -0.2) is 9.97 Å². The van der Waals surface area contributed by atoms with E-state index < -0.39 is 0 Å². The lowest BCUT2D eigenvalue weighted by Gasteiger charge is -2.12. The third-order valence-electron chi connectivity index (χ3n) is 5.81. The molecule has 0 spiro atoms. The number of oxazole rings is 1. The molecule has 1 unspecified atom stereocenters. The van der Waals surface area contributed by atoms with Crippen LogP contribution in [0.2, 0.25) is 0 Å². The molecule has 2 amide bonds. The van der Waals surface area contributed by atoms with Crippen LogP contribution in [0, 0.1) is 5.92 Å². The van der Waals surface area contributed by atoms with Gasteiger partial charge in [-0.2, -0.15) is 5.10 Å². The molecule has 1 saturated carbocycles. The summed E-state index contributed by atoms with van der Waals surface area (Å²) in [5.41, 5.74) is 1.39. The fraction of sp³-hybridized carbons (Fsp3) is 0.435. The molecular formula is C23H28N6O3. The van der Waals surface area contributed by atoms with Gasteiger partial charge in [-0.05, 0) is 50.7 Å². The second-order valence-electron chi connectivity index (χ2n) is 8.20. The SMILES string of the molecule is CCC(CC)NC(=O)c1cnc(-c2cccc(-c3n[nH]c(C(=O)NC(C)C4CC4)n3)c2)o1. The first-order valence-electron chi connectivity index (χ1n) is 11.1. The molecule has 1 aliphatic carbocycles. The van der Waals surface area contributed by atoms with E-state index in [-0.39, 0.29) is 35.5 Å². The van der Waals surface area contributed by atoms with Crippen molar-refractivity contribution in [3.8, 4) is 22.8 Å². The normalized spacial score (nSPS) is 14.4. The minimum atomic E-state index is -0.279. The standard InChI is InChI=1S/C23H28N6O3/c1-4-17(5-2)26-21(30)18-12-24-23(32-18)16-8-6-7-15(11-16)19-27-20(29-28-19)22(31)25-13(3)14-9-10-14/h6-8,11-14,17H,4-5,9-10H2,1-3H3,(H,25,31)(H,26,30)(H,27,28,29). The van der Waals surface area contributed by atoms with Crippen LogP contribution in [-0.4, -0.2) is 44.1 Å². The van der Waals surface area contributed by atoms with E-state index in [1.807, 2.05) is 45.0 Å². The molecule has 4 rings (SSSR count). The van der Waals surface area contributed by atoms with Crippen LogP contribution in [0.4, 0.5) is 0 Å². The number of carbonyl (C=O) groups excluding carboxylic acids is 2. The summed E-state index contributed by atoms with van der Waals surface area (Å²) >= 11 is 0. The van der Waals surface area contributed by atoms with Crippen LogP contribution in [0.5, 0.6) is 0 Å². The van der Waals surface area contributed by atoms with Crippen molar-refractivity contribution in [1.82, 2.24) is 30.8 Å². The summed E-state index contributed by atoms with van der Waals surface area (Å²) in [5, 5.41) is 12.8. The molecule has 3 N–H and O–H groups in total. The molecule has 0 saturated heterocycles. The number of amides is 2. The molecule has 32 heavy (non-hydrogen) atoms. The van der Waals surface area contributed by atoms with Crippen molar-refractivity contribution in [2.75, 3.05) is 0 Å². The van der Waals surface area contributed by atoms with Gasteiger partial charge in [-0.15, -0.1) is 0 Å². The number of nitrogens with one attached hydrogen (secondary N) is 3. The highest BCUT2D eigenvalue weighted by atomic mass is 16.4. The summed E-state index contributed by atoms with van der Waals surface area (Å²) in [5.74, 6) is 1.08. The van der Waals surface area contributed by atoms with Crippen LogP contribution in [0.3, 0.4) is 0 Å². The van der Waals surface area contributed by atoms with Crippen molar-refractivity contribution in [1.29, 1.82) is 0 Å². The molecule has 1 atom stereocenters. The van der Waals surface area contributed by atoms with Crippen LogP contribution >= 0.6 is 0 Å². The fourth-order valence-electron chi connectivity index (χ4n) is 3.53. The maximum atomic E-state index is 12.4. The average Bonchev–Trinajstić information content (AvgIpc) is 3.33. The van der Waals surface area contributed by atoms with Gasteiger partial charge >= 0.3 is 0 Å². The number of aromatic nitrogens is 4. The third-order valence-corrected chi connectivity index (χ3v) is 5.81. The van der Waals surface area contributed by atoms with Crippen molar-refractivity contribution < 1.29 is 14.0 Å². The first-order valence-corrected chi connectivity index (χ1v) is 11.1. The summed E-state index contributed by atoms with van der Waals surface area (Å²) in [6.45, 7) is 6.06. The van der Waals surface area contributed by atoms with Gasteiger partial charge in [0, 0.05) is 23.2 Å². The summed E-state index contributed by atoms with van der Waals surface area (Å²) in [6.07, 6.45) is 5.43. The largest absolute Gasteiger partial charge is 0.431 e. The zero-order chi connectivity index (χ0) is 22.7. The summed E-state index contributed by atoms with van der Waals surface area (Å²) in [4.78, 5) is 33.4. The minimum Gasteiger partial charge on any atom is -0.431 e. The fourth-order valence-corrected chi connectivity index (χ4v) is 3.53. The van der Waals surface area contributed by atoms with Gasteiger partial charge in [0.05, 0.1) is 6.20 Å². The van der Waals surface area contributed by atoms with Crippen molar-refractivity contribution in [3.63, 3.8) is 0 Å². The van der Waals surface area contributed by atoms with Crippen molar-refractivity contribution in [2.45, 2.75) is 58.5 Å². The average molecular weight is 437 g/mol. The van der Waals surface area contributed by atoms with Gasteiger partial charge in [0.25, 0.3) is 11.8 Å². The Morgan fingerprint density at radius 3 is 2.62 bits per heavy atom. The minimum absolute atomic E-state index is 0.101. The molecule has 1 fully saturated rings. The first kappa shape index (κ1) is 21.7. The summed E-state index contributed by atoms with van der Waals surface area (Å²) in [6, 6.07) is 7.53. The quantitative estimate of drug-likeness (QED) is 0.471. The van der Waals surface area contributed by atoms with E-state index >= 15 is 0 Å². The van der Waals surface area contributed by atoms with Gasteiger partial charge in [0.2, 0.25) is 17.5 Å². The van der Waals surface area contributed by atoms with E-state index in [0.29, 0.717) is 28.8 Å². The highest BCUT2D eigenvalue weighted by molar-refractivity contribution is 5.92. The summed E-state index contributed by atoms with van der Waals surface area (Å²) < 4.78 is 5.69. The number of H-pyrrole nitrogens is 1. The Morgan fingerprint density at radius 2 is 1.91 bits per heavy atom. The summed E-state index contributed by atoms with van der Waals surface area (Å²) in [7, 11) is 0. The van der Waals surface area contributed by atoms with Gasteiger partial charge in [0.1, 0.15) is 0 Å². The lowest BCUT2D eigenvalue weighted by atomic mass is 10.1. The Morgan fingerprint density at radius 1 is 1.16 bits per heavy atom. The Kier molecular flexibility index (Phi) is 6.34. The number of rotatable bonds is 9. The van der Waals surface area contributed by atoms with E-state index in [1.165, 1.54) is 6.20 Å². The number of carbonyl (C=O) groups is 2. The van der Waals surface area contributed by atoms with Crippen LogP contribution in [0.15, 0.2) is 34.9 Å². The predicted molar refractivity (Wildman–Crippen MR) is 119 cm³/mol.